The summed E-state index contributed by atoms with van der Waals surface area (Å²) in [5.41, 5.74) is 2.19. The number of aryl methyl sites for hydroxylation is 2. The molecule has 0 radical (unpaired) electrons. The molecule has 148 valence electrons. The predicted molar refractivity (Wildman–Crippen MR) is 112 cm³/mol. The molecule has 5 heteroatoms. The molecule has 29 heavy (non-hydrogen) atoms. The lowest BCUT2D eigenvalue weighted by atomic mass is 9.95. The summed E-state index contributed by atoms with van der Waals surface area (Å²) in [5, 5.41) is 7.81. The van der Waals surface area contributed by atoms with Gasteiger partial charge in [-0.2, -0.15) is 0 Å². The van der Waals surface area contributed by atoms with E-state index in [4.69, 9.17) is 0 Å². The number of hydrogen-bond donors (Lipinski definition) is 1. The van der Waals surface area contributed by atoms with E-state index in [2.05, 4.69) is 27.5 Å². The van der Waals surface area contributed by atoms with Gasteiger partial charge in [0.2, 0.25) is 5.82 Å². The first-order valence-electron chi connectivity index (χ1n) is 10.6. The smallest absolute Gasteiger partial charge is 0.291 e. The van der Waals surface area contributed by atoms with E-state index in [9.17, 15) is 4.79 Å². The van der Waals surface area contributed by atoms with Crippen molar-refractivity contribution in [2.45, 2.75) is 44.6 Å². The molecule has 5 rings (SSSR count). The molecule has 1 amide bonds. The second kappa shape index (κ2) is 7.82. The minimum Gasteiger partial charge on any atom is -0.346 e. The molecule has 2 aliphatic rings. The molecule has 3 unspecified atom stereocenters. The zero-order valence-corrected chi connectivity index (χ0v) is 16.5. The summed E-state index contributed by atoms with van der Waals surface area (Å²) in [4.78, 5) is 17.5. The maximum Gasteiger partial charge on any atom is 0.291 e. The number of nitrogens with zero attached hydrogens (tertiary/aromatic N) is 3. The molecule has 1 heterocycles. The molecule has 3 aromatic rings. The summed E-state index contributed by atoms with van der Waals surface area (Å²) >= 11 is 0. The van der Waals surface area contributed by atoms with Gasteiger partial charge in [-0.3, -0.25) is 4.79 Å². The second-order valence-corrected chi connectivity index (χ2v) is 8.34. The zero-order chi connectivity index (χ0) is 19.6. The van der Waals surface area contributed by atoms with E-state index in [1.165, 1.54) is 24.8 Å². The van der Waals surface area contributed by atoms with Crippen LogP contribution in [0.3, 0.4) is 0 Å². The molecule has 0 aliphatic heterocycles. The maximum atomic E-state index is 12.9. The molecule has 1 aromatic heterocycles. The largest absolute Gasteiger partial charge is 0.346 e. The van der Waals surface area contributed by atoms with Gasteiger partial charge in [0.05, 0.1) is 5.69 Å². The first-order valence-corrected chi connectivity index (χ1v) is 10.6. The average molecular weight is 386 g/mol. The highest BCUT2D eigenvalue weighted by Gasteiger charge is 2.40. The van der Waals surface area contributed by atoms with Gasteiger partial charge >= 0.3 is 0 Å². The predicted octanol–water partition coefficient (Wildman–Crippen LogP) is 3.97. The lowest BCUT2D eigenvalue weighted by Crippen LogP contribution is -2.39. The summed E-state index contributed by atoms with van der Waals surface area (Å²) in [6.07, 6.45) is 6.52. The Morgan fingerprint density at radius 1 is 0.966 bits per heavy atom. The SMILES string of the molecule is O=C(NC1CC2CCC1C2)c1nc(CCc2ccccc2)n(-c2ccccc2)n1. The van der Waals surface area contributed by atoms with Crippen LogP contribution in [0.2, 0.25) is 0 Å². The zero-order valence-electron chi connectivity index (χ0n) is 16.5. The third kappa shape index (κ3) is 3.82. The lowest BCUT2D eigenvalue weighted by molar-refractivity contribution is 0.0912. The monoisotopic (exact) mass is 386 g/mol. The molecule has 2 bridgehead atoms. The van der Waals surface area contributed by atoms with Crippen molar-refractivity contribution in [3.63, 3.8) is 0 Å². The van der Waals surface area contributed by atoms with Gasteiger partial charge in [0.1, 0.15) is 5.82 Å². The van der Waals surface area contributed by atoms with Crippen LogP contribution < -0.4 is 5.32 Å². The number of aromatic nitrogens is 3. The van der Waals surface area contributed by atoms with E-state index >= 15 is 0 Å². The van der Waals surface area contributed by atoms with Crippen molar-refractivity contribution in [2.75, 3.05) is 0 Å². The Morgan fingerprint density at radius 2 is 1.72 bits per heavy atom. The number of hydrogen-bond acceptors (Lipinski definition) is 3. The summed E-state index contributed by atoms with van der Waals surface area (Å²) in [6.45, 7) is 0. The quantitative estimate of drug-likeness (QED) is 0.697. The number of amides is 1. The van der Waals surface area contributed by atoms with Gasteiger partial charge in [0.25, 0.3) is 5.91 Å². The van der Waals surface area contributed by atoms with Gasteiger partial charge in [-0.15, -0.1) is 5.10 Å². The van der Waals surface area contributed by atoms with E-state index in [1.54, 1.807) is 0 Å². The van der Waals surface area contributed by atoms with E-state index in [-0.39, 0.29) is 17.8 Å². The molecule has 5 nitrogen and oxygen atoms in total. The standard InChI is InChI=1S/C24H26N4O/c29-24(25-21-16-18-11-13-19(21)15-18)23-26-22(14-12-17-7-3-1-4-8-17)28(27-23)20-9-5-2-6-10-20/h1-10,18-19,21H,11-16H2,(H,25,29). The van der Waals surface area contributed by atoms with Gasteiger partial charge in [-0.25, -0.2) is 9.67 Å². The fourth-order valence-electron chi connectivity index (χ4n) is 4.93. The normalized spacial score (nSPS) is 22.7. The first-order chi connectivity index (χ1) is 14.3. The fraction of sp³-hybridized carbons (Fsp3) is 0.375. The number of para-hydroxylation sites is 1. The molecule has 0 saturated heterocycles. The molecule has 0 spiro atoms. The van der Waals surface area contributed by atoms with Crippen LogP contribution in [0.1, 0.15) is 47.7 Å². The molecule has 2 saturated carbocycles. The minimum atomic E-state index is -0.141. The second-order valence-electron chi connectivity index (χ2n) is 8.34. The topological polar surface area (TPSA) is 59.8 Å². The number of carbonyl (C=O) groups is 1. The highest BCUT2D eigenvalue weighted by molar-refractivity contribution is 5.90. The minimum absolute atomic E-state index is 0.141. The Balaban J connectivity index is 1.37. The van der Waals surface area contributed by atoms with E-state index in [1.807, 2.05) is 53.2 Å². The summed E-state index contributed by atoms with van der Waals surface area (Å²) in [6, 6.07) is 20.6. The fourth-order valence-corrected chi connectivity index (χ4v) is 4.93. The number of nitrogens with one attached hydrogen (secondary N) is 1. The van der Waals surface area contributed by atoms with Crippen LogP contribution in [-0.2, 0) is 12.8 Å². The third-order valence-electron chi connectivity index (χ3n) is 6.41. The number of rotatable bonds is 6. The van der Waals surface area contributed by atoms with Crippen LogP contribution in [0.5, 0.6) is 0 Å². The number of benzene rings is 2. The summed E-state index contributed by atoms with van der Waals surface area (Å²) in [7, 11) is 0. The van der Waals surface area contributed by atoms with Crippen molar-refractivity contribution in [3.05, 3.63) is 77.9 Å². The Morgan fingerprint density at radius 3 is 2.41 bits per heavy atom. The van der Waals surface area contributed by atoms with Crippen molar-refractivity contribution < 1.29 is 4.79 Å². The van der Waals surface area contributed by atoms with Crippen molar-refractivity contribution >= 4 is 5.91 Å². The Hall–Kier alpha value is -2.95. The van der Waals surface area contributed by atoms with E-state index in [0.717, 1.165) is 36.7 Å². The van der Waals surface area contributed by atoms with Crippen LogP contribution in [0.25, 0.3) is 5.69 Å². The maximum absolute atomic E-state index is 12.9. The first kappa shape index (κ1) is 18.1. The van der Waals surface area contributed by atoms with Crippen molar-refractivity contribution in [3.8, 4) is 5.69 Å². The summed E-state index contributed by atoms with van der Waals surface area (Å²) < 4.78 is 1.82. The number of fused-ring (bicyclic) bond motifs is 2. The van der Waals surface area contributed by atoms with Crippen molar-refractivity contribution in [1.82, 2.24) is 20.1 Å². The van der Waals surface area contributed by atoms with Gasteiger partial charge in [0.15, 0.2) is 0 Å². The highest BCUT2D eigenvalue weighted by atomic mass is 16.2. The molecule has 2 aliphatic carbocycles. The average Bonchev–Trinajstić information content (AvgIpc) is 3.49. The van der Waals surface area contributed by atoms with Crippen LogP contribution in [-0.4, -0.2) is 26.7 Å². The summed E-state index contributed by atoms with van der Waals surface area (Å²) in [5.74, 6) is 2.38. The van der Waals surface area contributed by atoms with Crippen LogP contribution >= 0.6 is 0 Å². The van der Waals surface area contributed by atoms with Gasteiger partial charge in [-0.1, -0.05) is 55.0 Å². The van der Waals surface area contributed by atoms with Gasteiger partial charge < -0.3 is 5.32 Å². The number of carbonyl (C=O) groups excluding carboxylic acids is 1. The molecule has 3 atom stereocenters. The van der Waals surface area contributed by atoms with Crippen molar-refractivity contribution in [2.24, 2.45) is 11.8 Å². The Bertz CT molecular complexity index is 983. The molecular formula is C24H26N4O. The van der Waals surface area contributed by atoms with Gasteiger partial charge in [0, 0.05) is 12.5 Å². The van der Waals surface area contributed by atoms with Crippen molar-refractivity contribution in [1.29, 1.82) is 0 Å². The van der Waals surface area contributed by atoms with E-state index in [0.29, 0.717) is 5.92 Å². The molecule has 1 N–H and O–H groups in total. The Labute approximate surface area is 171 Å². The van der Waals surface area contributed by atoms with Crippen LogP contribution in [0.4, 0.5) is 0 Å². The van der Waals surface area contributed by atoms with Crippen LogP contribution in [0, 0.1) is 11.8 Å². The van der Waals surface area contributed by atoms with Crippen LogP contribution in [0.15, 0.2) is 60.7 Å². The van der Waals surface area contributed by atoms with E-state index < -0.39 is 0 Å². The Kier molecular flexibility index (Phi) is 4.88. The van der Waals surface area contributed by atoms with Gasteiger partial charge in [-0.05, 0) is 55.2 Å². The third-order valence-corrected chi connectivity index (χ3v) is 6.41. The molecule has 2 aromatic carbocycles. The lowest BCUT2D eigenvalue weighted by Gasteiger charge is -2.22. The molecule has 2 fully saturated rings. The highest BCUT2D eigenvalue weighted by Crippen LogP contribution is 2.44. The molecular weight excluding hydrogens is 360 g/mol.